The molecule has 0 atom stereocenters. The summed E-state index contributed by atoms with van der Waals surface area (Å²) in [5.41, 5.74) is -0.223. The zero-order valence-corrected chi connectivity index (χ0v) is 17.0. The maximum atomic E-state index is 5.82. The van der Waals surface area contributed by atoms with E-state index < -0.39 is 0 Å². The Morgan fingerprint density at radius 1 is 1.19 bits per heavy atom. The summed E-state index contributed by atoms with van der Waals surface area (Å²) in [5.74, 6) is 2.51. The SMILES string of the molecule is CCNC(=NCC1(OC)CCOCC1)N(C)CCOc1ccc(OC)cc1. The highest BCUT2D eigenvalue weighted by Crippen LogP contribution is 2.24. The standard InChI is InChI=1S/C20H33N3O4/c1-5-21-19(22-16-20(25-4)10-13-26-14-11-20)23(2)12-15-27-18-8-6-17(24-3)7-9-18/h6-9H,5,10-16H2,1-4H3,(H,21,22). The zero-order valence-electron chi connectivity index (χ0n) is 17.0. The molecule has 0 spiro atoms. The molecule has 7 nitrogen and oxygen atoms in total. The summed E-state index contributed by atoms with van der Waals surface area (Å²) in [6.45, 7) is 6.25. The average Bonchev–Trinajstić information content (AvgIpc) is 2.72. The van der Waals surface area contributed by atoms with Gasteiger partial charge < -0.3 is 29.2 Å². The van der Waals surface area contributed by atoms with Crippen molar-refractivity contribution >= 4 is 5.96 Å². The molecule has 2 rings (SSSR count). The predicted molar refractivity (Wildman–Crippen MR) is 107 cm³/mol. The van der Waals surface area contributed by atoms with Crippen molar-refractivity contribution in [1.29, 1.82) is 0 Å². The third-order valence-corrected chi connectivity index (χ3v) is 4.81. The second kappa shape index (κ2) is 11.0. The molecule has 0 radical (unpaired) electrons. The normalized spacial score (nSPS) is 16.7. The van der Waals surface area contributed by atoms with Crippen molar-refractivity contribution in [2.75, 3.05) is 60.7 Å². The number of hydrogen-bond acceptors (Lipinski definition) is 5. The number of nitrogens with zero attached hydrogens (tertiary/aromatic N) is 2. The first-order chi connectivity index (χ1) is 13.1. The molecule has 1 N–H and O–H groups in total. The molecule has 1 aliphatic rings. The predicted octanol–water partition coefficient (Wildman–Crippen LogP) is 2.17. The van der Waals surface area contributed by atoms with Gasteiger partial charge in [0.05, 0.1) is 25.8 Å². The van der Waals surface area contributed by atoms with Gasteiger partial charge in [-0.2, -0.15) is 0 Å². The average molecular weight is 380 g/mol. The van der Waals surface area contributed by atoms with Crippen molar-refractivity contribution < 1.29 is 18.9 Å². The van der Waals surface area contributed by atoms with Gasteiger partial charge in [-0.1, -0.05) is 0 Å². The Labute approximate surface area is 162 Å². The highest BCUT2D eigenvalue weighted by Gasteiger charge is 2.32. The number of nitrogens with one attached hydrogen (secondary N) is 1. The molecule has 1 fully saturated rings. The van der Waals surface area contributed by atoms with E-state index in [1.807, 2.05) is 31.3 Å². The van der Waals surface area contributed by atoms with E-state index in [2.05, 4.69) is 17.1 Å². The van der Waals surface area contributed by atoms with Crippen molar-refractivity contribution in [3.63, 3.8) is 0 Å². The van der Waals surface area contributed by atoms with Gasteiger partial charge in [0.15, 0.2) is 5.96 Å². The van der Waals surface area contributed by atoms with Crippen LogP contribution in [-0.4, -0.2) is 77.2 Å². The molecule has 1 aliphatic heterocycles. The number of ether oxygens (including phenoxy) is 4. The Kier molecular flexibility index (Phi) is 8.67. The molecule has 0 bridgehead atoms. The second-order valence-electron chi connectivity index (χ2n) is 6.62. The zero-order chi connectivity index (χ0) is 19.5. The summed E-state index contributed by atoms with van der Waals surface area (Å²) in [7, 11) is 5.43. The quantitative estimate of drug-likeness (QED) is 0.524. The molecule has 0 amide bonds. The topological polar surface area (TPSA) is 64.6 Å². The summed E-state index contributed by atoms with van der Waals surface area (Å²) >= 11 is 0. The maximum absolute atomic E-state index is 5.82. The summed E-state index contributed by atoms with van der Waals surface area (Å²) in [5, 5.41) is 3.34. The molecule has 0 unspecified atom stereocenters. The minimum absolute atomic E-state index is 0.223. The van der Waals surface area contributed by atoms with Crippen molar-refractivity contribution in [2.24, 2.45) is 4.99 Å². The van der Waals surface area contributed by atoms with Crippen LogP contribution in [-0.2, 0) is 9.47 Å². The van der Waals surface area contributed by atoms with Crippen molar-refractivity contribution in [2.45, 2.75) is 25.4 Å². The molecular weight excluding hydrogens is 346 g/mol. The first-order valence-electron chi connectivity index (χ1n) is 9.51. The smallest absolute Gasteiger partial charge is 0.193 e. The van der Waals surface area contributed by atoms with E-state index in [-0.39, 0.29) is 5.60 Å². The van der Waals surface area contributed by atoms with E-state index in [4.69, 9.17) is 23.9 Å². The van der Waals surface area contributed by atoms with Crippen LogP contribution < -0.4 is 14.8 Å². The summed E-state index contributed by atoms with van der Waals surface area (Å²) < 4.78 is 22.2. The van der Waals surface area contributed by atoms with Crippen molar-refractivity contribution in [1.82, 2.24) is 10.2 Å². The van der Waals surface area contributed by atoms with Gasteiger partial charge in [0.25, 0.3) is 0 Å². The van der Waals surface area contributed by atoms with Crippen LogP contribution in [0.1, 0.15) is 19.8 Å². The molecule has 152 valence electrons. The first kappa shape index (κ1) is 21.3. The Morgan fingerprint density at radius 2 is 1.85 bits per heavy atom. The molecule has 0 aromatic heterocycles. The fraction of sp³-hybridized carbons (Fsp3) is 0.650. The molecule has 1 heterocycles. The highest BCUT2D eigenvalue weighted by atomic mass is 16.5. The minimum Gasteiger partial charge on any atom is -0.497 e. The molecule has 1 saturated heterocycles. The Balaban J connectivity index is 1.87. The van der Waals surface area contributed by atoms with Gasteiger partial charge in [-0.15, -0.1) is 0 Å². The summed E-state index contributed by atoms with van der Waals surface area (Å²) in [6, 6.07) is 7.60. The Hall–Kier alpha value is -1.99. The number of benzene rings is 1. The maximum Gasteiger partial charge on any atom is 0.193 e. The lowest BCUT2D eigenvalue weighted by molar-refractivity contribution is -0.0829. The van der Waals surface area contributed by atoms with Gasteiger partial charge in [-0.05, 0) is 31.2 Å². The van der Waals surface area contributed by atoms with E-state index >= 15 is 0 Å². The number of hydrogen-bond donors (Lipinski definition) is 1. The van der Waals surface area contributed by atoms with Crippen LogP contribution >= 0.6 is 0 Å². The third kappa shape index (κ3) is 6.59. The van der Waals surface area contributed by atoms with Crippen molar-refractivity contribution in [3.05, 3.63) is 24.3 Å². The molecular formula is C20H33N3O4. The van der Waals surface area contributed by atoms with Crippen LogP contribution in [0.25, 0.3) is 0 Å². The fourth-order valence-corrected chi connectivity index (χ4v) is 2.94. The lowest BCUT2D eigenvalue weighted by atomic mass is 9.94. The Bertz CT molecular complexity index is 571. The van der Waals surface area contributed by atoms with E-state index in [9.17, 15) is 0 Å². The van der Waals surface area contributed by atoms with E-state index in [1.165, 1.54) is 0 Å². The Morgan fingerprint density at radius 3 is 2.44 bits per heavy atom. The van der Waals surface area contributed by atoms with Crippen LogP contribution in [0.3, 0.4) is 0 Å². The molecule has 27 heavy (non-hydrogen) atoms. The molecule has 0 aliphatic carbocycles. The number of aliphatic imine (C=N–C) groups is 1. The molecule has 1 aromatic rings. The lowest BCUT2D eigenvalue weighted by Crippen LogP contribution is -2.45. The monoisotopic (exact) mass is 379 g/mol. The van der Waals surface area contributed by atoms with Crippen molar-refractivity contribution in [3.8, 4) is 11.5 Å². The number of rotatable bonds is 9. The number of likely N-dealkylation sites (N-methyl/N-ethyl adjacent to an activating group) is 1. The number of methoxy groups -OCH3 is 2. The number of guanidine groups is 1. The molecule has 1 aromatic carbocycles. The van der Waals surface area contributed by atoms with Crippen LogP contribution in [0.2, 0.25) is 0 Å². The van der Waals surface area contributed by atoms with Crippen LogP contribution in [0.5, 0.6) is 11.5 Å². The van der Waals surface area contributed by atoms with Gasteiger partial charge in [-0.25, -0.2) is 0 Å². The van der Waals surface area contributed by atoms with E-state index in [0.717, 1.165) is 56.6 Å². The van der Waals surface area contributed by atoms with Crippen LogP contribution in [0, 0.1) is 0 Å². The van der Waals surface area contributed by atoms with E-state index in [0.29, 0.717) is 13.2 Å². The van der Waals surface area contributed by atoms with Gasteiger partial charge in [0, 0.05) is 46.8 Å². The summed E-state index contributed by atoms with van der Waals surface area (Å²) in [6.07, 6.45) is 1.74. The summed E-state index contributed by atoms with van der Waals surface area (Å²) in [4.78, 5) is 6.89. The largest absolute Gasteiger partial charge is 0.497 e. The van der Waals surface area contributed by atoms with Gasteiger partial charge in [0.2, 0.25) is 0 Å². The lowest BCUT2D eigenvalue weighted by Gasteiger charge is -2.35. The highest BCUT2D eigenvalue weighted by molar-refractivity contribution is 5.79. The fourth-order valence-electron chi connectivity index (χ4n) is 2.94. The first-order valence-corrected chi connectivity index (χ1v) is 9.51. The van der Waals surface area contributed by atoms with Crippen LogP contribution in [0.15, 0.2) is 29.3 Å². The van der Waals surface area contributed by atoms with Gasteiger partial charge in [-0.3, -0.25) is 4.99 Å². The third-order valence-electron chi connectivity index (χ3n) is 4.81. The van der Waals surface area contributed by atoms with Gasteiger partial charge >= 0.3 is 0 Å². The van der Waals surface area contributed by atoms with Crippen LogP contribution in [0.4, 0.5) is 0 Å². The van der Waals surface area contributed by atoms with E-state index in [1.54, 1.807) is 14.2 Å². The second-order valence-corrected chi connectivity index (χ2v) is 6.62. The van der Waals surface area contributed by atoms with Gasteiger partial charge in [0.1, 0.15) is 18.1 Å². The minimum atomic E-state index is -0.223. The molecule has 0 saturated carbocycles. The molecule has 7 heteroatoms.